The molecule has 3 aromatic rings. The standard InChI is InChI=1S/C21H23N3O3S/c1-27-16-12-10-15(11-13-16)22-19(25)9-3-2-6-14-24-20(26)17-7-4-5-8-18(17)23-21(24)28/h4-5,7-8,10-13H,2-3,6,9,14H2,1H3,(H,22,25)(H,23,28). The Morgan fingerprint density at radius 2 is 1.86 bits per heavy atom. The number of hydrogen-bond donors (Lipinski definition) is 2. The zero-order valence-electron chi connectivity index (χ0n) is 15.7. The Hall–Kier alpha value is -2.93. The van der Waals surface area contributed by atoms with Crippen LogP contribution in [-0.4, -0.2) is 22.6 Å². The molecule has 7 heteroatoms. The number of nitrogens with zero attached hydrogens (tertiary/aromatic N) is 1. The van der Waals surface area contributed by atoms with Crippen LogP contribution in [-0.2, 0) is 11.3 Å². The van der Waals surface area contributed by atoms with E-state index in [1.807, 2.05) is 30.3 Å². The first kappa shape index (κ1) is 19.8. The average Bonchev–Trinajstić information content (AvgIpc) is 2.70. The maximum Gasteiger partial charge on any atom is 0.262 e. The Kier molecular flexibility index (Phi) is 6.60. The smallest absolute Gasteiger partial charge is 0.262 e. The molecule has 0 aliphatic heterocycles. The van der Waals surface area contributed by atoms with Crippen molar-refractivity contribution in [2.45, 2.75) is 32.2 Å². The highest BCUT2D eigenvalue weighted by Gasteiger charge is 2.06. The van der Waals surface area contributed by atoms with Gasteiger partial charge in [0.05, 0.1) is 18.0 Å². The molecule has 28 heavy (non-hydrogen) atoms. The molecule has 0 saturated carbocycles. The number of carbonyl (C=O) groups is 1. The van der Waals surface area contributed by atoms with E-state index >= 15 is 0 Å². The van der Waals surface area contributed by atoms with Crippen LogP contribution in [0.2, 0.25) is 0 Å². The number of benzene rings is 2. The molecule has 146 valence electrons. The van der Waals surface area contributed by atoms with Gasteiger partial charge in [-0.3, -0.25) is 14.2 Å². The van der Waals surface area contributed by atoms with Crippen molar-refractivity contribution in [3.05, 3.63) is 63.7 Å². The zero-order valence-corrected chi connectivity index (χ0v) is 16.6. The van der Waals surface area contributed by atoms with Crippen LogP contribution in [0.1, 0.15) is 25.7 Å². The third-order valence-corrected chi connectivity index (χ3v) is 4.87. The Morgan fingerprint density at radius 3 is 2.61 bits per heavy atom. The number of nitrogens with one attached hydrogen (secondary N) is 2. The molecule has 6 nitrogen and oxygen atoms in total. The lowest BCUT2D eigenvalue weighted by Gasteiger charge is -2.08. The van der Waals surface area contributed by atoms with Gasteiger partial charge in [0.2, 0.25) is 5.91 Å². The Morgan fingerprint density at radius 1 is 1.11 bits per heavy atom. The number of amides is 1. The molecular weight excluding hydrogens is 374 g/mol. The van der Waals surface area contributed by atoms with Crippen LogP contribution in [0.4, 0.5) is 5.69 Å². The number of aromatic nitrogens is 2. The van der Waals surface area contributed by atoms with Gasteiger partial charge in [-0.05, 0) is 61.5 Å². The van der Waals surface area contributed by atoms with Gasteiger partial charge in [-0.15, -0.1) is 0 Å². The summed E-state index contributed by atoms with van der Waals surface area (Å²) in [6.07, 6.45) is 2.81. The number of H-pyrrole nitrogens is 1. The first-order chi connectivity index (χ1) is 13.6. The van der Waals surface area contributed by atoms with E-state index in [1.54, 1.807) is 29.9 Å². The minimum Gasteiger partial charge on any atom is -0.497 e. The SMILES string of the molecule is COc1ccc(NC(=O)CCCCCn2c(=S)[nH]c3ccccc3c2=O)cc1. The van der Waals surface area contributed by atoms with Crippen LogP contribution in [0, 0.1) is 4.77 Å². The van der Waals surface area contributed by atoms with Crippen molar-refractivity contribution in [2.75, 3.05) is 12.4 Å². The van der Waals surface area contributed by atoms with Gasteiger partial charge < -0.3 is 15.0 Å². The fraction of sp³-hybridized carbons (Fsp3) is 0.286. The number of aromatic amines is 1. The molecule has 1 aromatic heterocycles. The van der Waals surface area contributed by atoms with Crippen molar-refractivity contribution in [3.8, 4) is 5.75 Å². The summed E-state index contributed by atoms with van der Waals surface area (Å²) in [5.74, 6) is 0.727. The van der Waals surface area contributed by atoms with Crippen molar-refractivity contribution in [1.29, 1.82) is 0 Å². The number of fused-ring (bicyclic) bond motifs is 1. The minimum absolute atomic E-state index is 0.0228. The van der Waals surface area contributed by atoms with Crippen molar-refractivity contribution in [1.82, 2.24) is 9.55 Å². The normalized spacial score (nSPS) is 10.8. The number of methoxy groups -OCH3 is 1. The molecule has 3 rings (SSSR count). The minimum atomic E-state index is -0.0726. The van der Waals surface area contributed by atoms with Gasteiger partial charge in [0.1, 0.15) is 5.75 Å². The zero-order chi connectivity index (χ0) is 19.9. The van der Waals surface area contributed by atoms with Gasteiger partial charge in [0.25, 0.3) is 5.56 Å². The van der Waals surface area contributed by atoms with Gasteiger partial charge in [-0.1, -0.05) is 18.6 Å². The number of unbranched alkanes of at least 4 members (excludes halogenated alkanes) is 2. The summed E-state index contributed by atoms with van der Waals surface area (Å²) in [6.45, 7) is 0.541. The molecule has 0 atom stereocenters. The molecule has 0 fully saturated rings. The van der Waals surface area contributed by atoms with E-state index in [2.05, 4.69) is 10.3 Å². The van der Waals surface area contributed by atoms with Crippen molar-refractivity contribution >= 4 is 34.7 Å². The third-order valence-electron chi connectivity index (χ3n) is 4.55. The van der Waals surface area contributed by atoms with Gasteiger partial charge in [0.15, 0.2) is 4.77 Å². The maximum absolute atomic E-state index is 12.6. The molecule has 0 aliphatic rings. The van der Waals surface area contributed by atoms with E-state index < -0.39 is 0 Å². The Labute approximate surface area is 168 Å². The topological polar surface area (TPSA) is 76.1 Å². The van der Waals surface area contributed by atoms with Crippen molar-refractivity contribution < 1.29 is 9.53 Å². The predicted octanol–water partition coefficient (Wildman–Crippen LogP) is 4.27. The summed E-state index contributed by atoms with van der Waals surface area (Å²) >= 11 is 5.31. The van der Waals surface area contributed by atoms with Crippen molar-refractivity contribution in [3.63, 3.8) is 0 Å². The highest BCUT2D eigenvalue weighted by Crippen LogP contribution is 2.15. The van der Waals surface area contributed by atoms with E-state index in [9.17, 15) is 9.59 Å². The lowest BCUT2D eigenvalue weighted by molar-refractivity contribution is -0.116. The van der Waals surface area contributed by atoms with Gasteiger partial charge >= 0.3 is 0 Å². The van der Waals surface area contributed by atoms with Crippen LogP contribution >= 0.6 is 12.2 Å². The molecule has 0 radical (unpaired) electrons. The van der Waals surface area contributed by atoms with Crippen molar-refractivity contribution in [2.24, 2.45) is 0 Å². The van der Waals surface area contributed by atoms with Gasteiger partial charge in [-0.2, -0.15) is 0 Å². The van der Waals surface area contributed by atoms with Crippen LogP contribution in [0.5, 0.6) is 5.75 Å². The molecule has 1 heterocycles. The second-order valence-electron chi connectivity index (χ2n) is 6.52. The summed E-state index contributed by atoms with van der Waals surface area (Å²) in [6, 6.07) is 14.6. The molecule has 2 N–H and O–H groups in total. The molecule has 0 bridgehead atoms. The van der Waals surface area contributed by atoms with Crippen LogP contribution in [0.15, 0.2) is 53.3 Å². The second-order valence-corrected chi connectivity index (χ2v) is 6.91. The fourth-order valence-corrected chi connectivity index (χ4v) is 3.32. The van der Waals surface area contributed by atoms with E-state index in [4.69, 9.17) is 17.0 Å². The molecular formula is C21H23N3O3S. The molecule has 0 aliphatic carbocycles. The van der Waals surface area contributed by atoms with E-state index in [0.29, 0.717) is 23.1 Å². The quantitative estimate of drug-likeness (QED) is 0.440. The monoisotopic (exact) mass is 397 g/mol. The predicted molar refractivity (Wildman–Crippen MR) is 113 cm³/mol. The molecule has 0 saturated heterocycles. The number of rotatable bonds is 8. The summed E-state index contributed by atoms with van der Waals surface area (Å²) in [5, 5.41) is 3.50. The van der Waals surface area contributed by atoms with Crippen LogP contribution in [0.25, 0.3) is 10.9 Å². The first-order valence-electron chi connectivity index (χ1n) is 9.24. The number of ether oxygens (including phenoxy) is 1. The number of anilines is 1. The molecule has 0 spiro atoms. The maximum atomic E-state index is 12.6. The van der Waals surface area contributed by atoms with E-state index in [-0.39, 0.29) is 11.5 Å². The average molecular weight is 398 g/mol. The molecule has 0 unspecified atom stereocenters. The second kappa shape index (κ2) is 9.32. The highest BCUT2D eigenvalue weighted by atomic mass is 32.1. The summed E-state index contributed by atoms with van der Waals surface area (Å²) in [5.41, 5.74) is 1.43. The van der Waals surface area contributed by atoms with Gasteiger partial charge in [0, 0.05) is 18.7 Å². The molecule has 2 aromatic carbocycles. The number of carbonyl (C=O) groups excluding carboxylic acids is 1. The first-order valence-corrected chi connectivity index (χ1v) is 9.65. The van der Waals surface area contributed by atoms with E-state index in [1.165, 1.54) is 0 Å². The summed E-state index contributed by atoms with van der Waals surface area (Å²) in [4.78, 5) is 27.7. The number of para-hydroxylation sites is 1. The summed E-state index contributed by atoms with van der Waals surface area (Å²) < 4.78 is 7.12. The highest BCUT2D eigenvalue weighted by molar-refractivity contribution is 7.71. The largest absolute Gasteiger partial charge is 0.497 e. The summed E-state index contributed by atoms with van der Waals surface area (Å²) in [7, 11) is 1.60. The fourth-order valence-electron chi connectivity index (χ4n) is 3.03. The van der Waals surface area contributed by atoms with Gasteiger partial charge in [-0.25, -0.2) is 0 Å². The lowest BCUT2D eigenvalue weighted by Crippen LogP contribution is -2.22. The van der Waals surface area contributed by atoms with Crippen LogP contribution < -0.4 is 15.6 Å². The Balaban J connectivity index is 1.47. The van der Waals surface area contributed by atoms with E-state index in [0.717, 1.165) is 36.2 Å². The number of hydrogen-bond acceptors (Lipinski definition) is 4. The third kappa shape index (κ3) is 4.86. The molecule has 1 amide bonds. The van der Waals surface area contributed by atoms with Crippen LogP contribution in [0.3, 0.4) is 0 Å². The lowest BCUT2D eigenvalue weighted by atomic mass is 10.2. The Bertz CT molecular complexity index is 1070.